The molecular formula is C25H22N2O5S. The van der Waals surface area contributed by atoms with Crippen LogP contribution in [0.2, 0.25) is 0 Å². The van der Waals surface area contributed by atoms with E-state index < -0.39 is 35.4 Å². The van der Waals surface area contributed by atoms with Crippen molar-refractivity contribution < 1.29 is 23.9 Å². The second-order valence-electron chi connectivity index (χ2n) is 7.73. The van der Waals surface area contributed by atoms with Gasteiger partial charge in [-0.15, -0.1) is 0 Å². The van der Waals surface area contributed by atoms with E-state index in [4.69, 9.17) is 4.74 Å². The number of anilines is 1. The van der Waals surface area contributed by atoms with E-state index in [0.717, 1.165) is 16.9 Å². The molecule has 7 nitrogen and oxygen atoms in total. The fourth-order valence-corrected chi connectivity index (χ4v) is 4.89. The Morgan fingerprint density at radius 3 is 2.33 bits per heavy atom. The molecule has 0 N–H and O–H groups in total. The molecular weight excluding hydrogens is 440 g/mol. The second kappa shape index (κ2) is 9.07. The molecule has 1 aliphatic rings. The first-order valence-corrected chi connectivity index (χ1v) is 11.3. The van der Waals surface area contributed by atoms with Crippen molar-refractivity contribution in [3.63, 3.8) is 0 Å². The molecule has 168 valence electrons. The molecule has 1 aromatic heterocycles. The lowest BCUT2D eigenvalue weighted by Crippen LogP contribution is -2.30. The van der Waals surface area contributed by atoms with Gasteiger partial charge in [0.05, 0.1) is 18.3 Å². The van der Waals surface area contributed by atoms with E-state index >= 15 is 0 Å². The van der Waals surface area contributed by atoms with Crippen molar-refractivity contribution in [3.05, 3.63) is 81.9 Å². The smallest absolute Gasteiger partial charge is 0.350 e. The summed E-state index contributed by atoms with van der Waals surface area (Å²) in [6, 6.07) is 14.9. The summed E-state index contributed by atoms with van der Waals surface area (Å²) in [5, 5.41) is 0.183. The Labute approximate surface area is 195 Å². The third kappa shape index (κ3) is 4.09. The molecule has 8 heteroatoms. The summed E-state index contributed by atoms with van der Waals surface area (Å²) in [7, 11) is 0. The van der Waals surface area contributed by atoms with Gasteiger partial charge < -0.3 is 4.74 Å². The molecule has 3 aromatic rings. The van der Waals surface area contributed by atoms with E-state index in [2.05, 4.69) is 4.98 Å². The Hall–Kier alpha value is -3.65. The summed E-state index contributed by atoms with van der Waals surface area (Å²) in [5.74, 6) is -3.81. The van der Waals surface area contributed by atoms with Crippen LogP contribution in [0.4, 0.5) is 5.13 Å². The van der Waals surface area contributed by atoms with E-state index in [0.29, 0.717) is 16.8 Å². The van der Waals surface area contributed by atoms with E-state index in [1.807, 2.05) is 19.1 Å². The van der Waals surface area contributed by atoms with Gasteiger partial charge in [0, 0.05) is 5.56 Å². The number of Topliss-reactive ketones (excluding diaryl/α,β-unsaturated/α-hetero) is 2. The normalized spacial score (nSPS) is 18.0. The van der Waals surface area contributed by atoms with Crippen LogP contribution in [0, 0.1) is 19.8 Å². The second-order valence-corrected chi connectivity index (χ2v) is 8.71. The van der Waals surface area contributed by atoms with Crippen molar-refractivity contribution in [2.75, 3.05) is 11.5 Å². The highest BCUT2D eigenvalue weighted by Gasteiger charge is 2.53. The summed E-state index contributed by atoms with van der Waals surface area (Å²) in [6.07, 6.45) is 0. The van der Waals surface area contributed by atoms with Gasteiger partial charge in [-0.05, 0) is 26.3 Å². The number of hydrogen-bond acceptors (Lipinski definition) is 7. The van der Waals surface area contributed by atoms with Crippen LogP contribution < -0.4 is 4.90 Å². The third-order valence-electron chi connectivity index (χ3n) is 5.52. The molecule has 0 spiro atoms. The monoisotopic (exact) mass is 462 g/mol. The Morgan fingerprint density at radius 1 is 1.03 bits per heavy atom. The van der Waals surface area contributed by atoms with Crippen LogP contribution in [0.15, 0.2) is 54.6 Å². The van der Waals surface area contributed by atoms with Crippen molar-refractivity contribution >= 4 is 39.9 Å². The highest BCUT2D eigenvalue weighted by molar-refractivity contribution is 7.17. The van der Waals surface area contributed by atoms with Crippen LogP contribution in [0.25, 0.3) is 0 Å². The van der Waals surface area contributed by atoms with Crippen LogP contribution in [0.5, 0.6) is 0 Å². The summed E-state index contributed by atoms with van der Waals surface area (Å²) >= 11 is 0.978. The van der Waals surface area contributed by atoms with Crippen LogP contribution in [-0.4, -0.2) is 35.0 Å². The van der Waals surface area contributed by atoms with Gasteiger partial charge in [-0.2, -0.15) is 0 Å². The molecule has 0 aliphatic carbocycles. The first kappa shape index (κ1) is 22.5. The maximum atomic E-state index is 13.4. The number of ketones is 2. The molecule has 1 amide bonds. The zero-order valence-corrected chi connectivity index (χ0v) is 19.2. The third-order valence-corrected chi connectivity index (χ3v) is 6.65. The summed E-state index contributed by atoms with van der Waals surface area (Å²) in [4.78, 5) is 58.0. The van der Waals surface area contributed by atoms with Gasteiger partial charge in [-0.3, -0.25) is 19.3 Å². The van der Waals surface area contributed by atoms with Crippen LogP contribution in [-0.2, 0) is 14.3 Å². The predicted molar refractivity (Wildman–Crippen MR) is 123 cm³/mol. The van der Waals surface area contributed by atoms with E-state index in [-0.39, 0.29) is 16.6 Å². The van der Waals surface area contributed by atoms with Gasteiger partial charge in [0.25, 0.3) is 5.91 Å². The average molecular weight is 463 g/mol. The molecule has 1 saturated heterocycles. The number of aryl methyl sites for hydroxylation is 2. The molecule has 2 unspecified atom stereocenters. The number of benzene rings is 2. The van der Waals surface area contributed by atoms with Crippen molar-refractivity contribution in [3.8, 4) is 0 Å². The minimum atomic E-state index is -1.22. The number of aromatic nitrogens is 1. The highest BCUT2D eigenvalue weighted by atomic mass is 32.1. The van der Waals surface area contributed by atoms with Crippen molar-refractivity contribution in [1.82, 2.24) is 4.98 Å². The minimum absolute atomic E-state index is 0.183. The Balaban J connectivity index is 1.84. The fourth-order valence-electron chi connectivity index (χ4n) is 3.90. The Morgan fingerprint density at radius 2 is 1.70 bits per heavy atom. The predicted octanol–water partition coefficient (Wildman–Crippen LogP) is 4.09. The lowest BCUT2D eigenvalue weighted by Gasteiger charge is -2.25. The number of esters is 1. The number of nitrogens with zero attached hydrogens (tertiary/aromatic N) is 2. The zero-order chi connectivity index (χ0) is 23.7. The fraction of sp³-hybridized carbons (Fsp3) is 0.240. The summed E-state index contributed by atoms with van der Waals surface area (Å²) in [5.41, 5.74) is 2.39. The van der Waals surface area contributed by atoms with Crippen molar-refractivity contribution in [2.24, 2.45) is 5.92 Å². The Bertz CT molecular complexity index is 1230. The number of thiazole rings is 1. The molecule has 1 fully saturated rings. The maximum Gasteiger partial charge on any atom is 0.350 e. The maximum absolute atomic E-state index is 13.4. The van der Waals surface area contributed by atoms with Gasteiger partial charge in [-0.1, -0.05) is 71.5 Å². The number of ether oxygens (including phenoxy) is 1. The first-order valence-electron chi connectivity index (χ1n) is 10.5. The standard InChI is InChI=1S/C25H22N2O5S/c1-4-32-24(31)22-15(3)26-25(33-22)27-19(16-12-10-14(2)11-13-16)18(21(29)23(27)30)20(28)17-8-6-5-7-9-17/h5-13,18-19H,4H2,1-3H3. The molecule has 2 atom stereocenters. The van der Waals surface area contributed by atoms with Gasteiger partial charge in [0.2, 0.25) is 5.78 Å². The minimum Gasteiger partial charge on any atom is -0.462 e. The van der Waals surface area contributed by atoms with Crippen LogP contribution in [0.1, 0.15) is 49.8 Å². The summed E-state index contributed by atoms with van der Waals surface area (Å²) < 4.78 is 5.08. The van der Waals surface area contributed by atoms with Gasteiger partial charge in [0.1, 0.15) is 10.8 Å². The van der Waals surface area contributed by atoms with Gasteiger partial charge >= 0.3 is 5.97 Å². The SMILES string of the molecule is CCOC(=O)c1sc(N2C(=O)C(=O)C(C(=O)c3ccccc3)C2c2ccc(C)cc2)nc1C. The number of amides is 1. The molecule has 1 aliphatic heterocycles. The van der Waals surface area contributed by atoms with Gasteiger partial charge in [-0.25, -0.2) is 9.78 Å². The molecule has 2 heterocycles. The molecule has 0 radical (unpaired) electrons. The van der Waals surface area contributed by atoms with E-state index in [9.17, 15) is 19.2 Å². The van der Waals surface area contributed by atoms with Crippen LogP contribution >= 0.6 is 11.3 Å². The molecule has 33 heavy (non-hydrogen) atoms. The quantitative estimate of drug-likeness (QED) is 0.237. The molecule has 0 saturated carbocycles. The Kier molecular flexibility index (Phi) is 6.20. The largest absolute Gasteiger partial charge is 0.462 e. The average Bonchev–Trinajstić information content (AvgIpc) is 3.32. The number of rotatable bonds is 6. The van der Waals surface area contributed by atoms with Crippen LogP contribution in [0.3, 0.4) is 0 Å². The number of carbonyl (C=O) groups is 4. The van der Waals surface area contributed by atoms with Gasteiger partial charge in [0.15, 0.2) is 10.9 Å². The number of carbonyl (C=O) groups excluding carboxylic acids is 4. The zero-order valence-electron chi connectivity index (χ0n) is 18.4. The van der Waals surface area contributed by atoms with E-state index in [1.54, 1.807) is 56.3 Å². The molecule has 0 bridgehead atoms. The lowest BCUT2D eigenvalue weighted by molar-refractivity contribution is -0.135. The molecule has 2 aromatic carbocycles. The number of hydrogen-bond donors (Lipinski definition) is 0. The van der Waals surface area contributed by atoms with E-state index in [1.165, 1.54) is 4.90 Å². The van der Waals surface area contributed by atoms with Crippen molar-refractivity contribution in [1.29, 1.82) is 0 Å². The lowest BCUT2D eigenvalue weighted by atomic mass is 9.86. The summed E-state index contributed by atoms with van der Waals surface area (Å²) in [6.45, 7) is 5.47. The molecule has 4 rings (SSSR count). The van der Waals surface area contributed by atoms with Crippen molar-refractivity contribution in [2.45, 2.75) is 26.8 Å². The highest BCUT2D eigenvalue weighted by Crippen LogP contribution is 2.43. The first-order chi connectivity index (χ1) is 15.8. The topological polar surface area (TPSA) is 93.6 Å².